The van der Waals surface area contributed by atoms with Gasteiger partial charge in [-0.3, -0.25) is 0 Å². The molecule has 0 aromatic heterocycles. The van der Waals surface area contributed by atoms with Crippen LogP contribution in [0.1, 0.15) is 44.9 Å². The largest absolute Gasteiger partial charge is 0.381 e. The Hall–Kier alpha value is -0.120. The van der Waals surface area contributed by atoms with Crippen LogP contribution in [0, 0.1) is 0 Å². The highest BCUT2D eigenvalue weighted by atomic mass is 16.5. The highest BCUT2D eigenvalue weighted by Crippen LogP contribution is 2.25. The summed E-state index contributed by atoms with van der Waals surface area (Å²) in [4.78, 5) is 0. The van der Waals surface area contributed by atoms with Gasteiger partial charge in [0, 0.05) is 31.3 Å². The molecule has 0 amide bonds. The highest BCUT2D eigenvalue weighted by Gasteiger charge is 2.32. The van der Waals surface area contributed by atoms with Crippen molar-refractivity contribution in [3.8, 4) is 0 Å². The average Bonchev–Trinajstić information content (AvgIpc) is 2.64. The molecule has 3 N–H and O–H groups in total. The molecule has 3 nitrogen and oxygen atoms in total. The van der Waals surface area contributed by atoms with Crippen LogP contribution in [0.25, 0.3) is 0 Å². The number of nitrogens with one attached hydrogen (secondary N) is 1. The summed E-state index contributed by atoms with van der Waals surface area (Å²) in [6.45, 7) is 2.54. The summed E-state index contributed by atoms with van der Waals surface area (Å²) in [5.74, 6) is 0. The summed E-state index contributed by atoms with van der Waals surface area (Å²) >= 11 is 0. The second kappa shape index (κ2) is 5.28. The number of rotatable bonds is 3. The standard InChI is InChI=1S/C12H24N2O/c13-10-12(6-3-8-15-9-7-12)14-11-4-1-2-5-11/h11,14H,1-10,13H2. The maximum Gasteiger partial charge on any atom is 0.0484 e. The summed E-state index contributed by atoms with van der Waals surface area (Å²) in [6.07, 6.45) is 8.85. The van der Waals surface area contributed by atoms with Gasteiger partial charge in [0.05, 0.1) is 0 Å². The molecular weight excluding hydrogens is 188 g/mol. The lowest BCUT2D eigenvalue weighted by atomic mass is 9.89. The Labute approximate surface area is 92.7 Å². The molecule has 15 heavy (non-hydrogen) atoms. The first kappa shape index (κ1) is 11.4. The van der Waals surface area contributed by atoms with Gasteiger partial charge in [-0.2, -0.15) is 0 Å². The van der Waals surface area contributed by atoms with Crippen LogP contribution in [0.15, 0.2) is 0 Å². The first-order valence-corrected chi connectivity index (χ1v) is 6.40. The fourth-order valence-corrected chi connectivity index (χ4v) is 2.92. The first-order valence-electron chi connectivity index (χ1n) is 6.40. The van der Waals surface area contributed by atoms with Gasteiger partial charge in [-0.1, -0.05) is 12.8 Å². The van der Waals surface area contributed by atoms with Crippen molar-refractivity contribution in [1.82, 2.24) is 5.32 Å². The van der Waals surface area contributed by atoms with Gasteiger partial charge >= 0.3 is 0 Å². The van der Waals surface area contributed by atoms with Crippen LogP contribution < -0.4 is 11.1 Å². The van der Waals surface area contributed by atoms with Crippen molar-refractivity contribution in [2.45, 2.75) is 56.5 Å². The van der Waals surface area contributed by atoms with E-state index < -0.39 is 0 Å². The second-order valence-corrected chi connectivity index (χ2v) is 5.08. The molecule has 1 aliphatic carbocycles. The number of hydrogen-bond acceptors (Lipinski definition) is 3. The Morgan fingerprint density at radius 2 is 1.93 bits per heavy atom. The molecular formula is C12H24N2O. The molecule has 3 heteroatoms. The summed E-state index contributed by atoms with van der Waals surface area (Å²) in [5, 5.41) is 3.82. The molecule has 1 atom stereocenters. The monoisotopic (exact) mass is 212 g/mol. The van der Waals surface area contributed by atoms with Gasteiger partial charge < -0.3 is 15.8 Å². The normalized spacial score (nSPS) is 34.2. The minimum atomic E-state index is 0.172. The minimum Gasteiger partial charge on any atom is -0.381 e. The van der Waals surface area contributed by atoms with Gasteiger partial charge in [0.15, 0.2) is 0 Å². The van der Waals surface area contributed by atoms with Gasteiger partial charge in [0.2, 0.25) is 0 Å². The van der Waals surface area contributed by atoms with Crippen molar-refractivity contribution in [2.75, 3.05) is 19.8 Å². The molecule has 0 aromatic carbocycles. The zero-order chi connectivity index (χ0) is 10.6. The van der Waals surface area contributed by atoms with E-state index >= 15 is 0 Å². The van der Waals surface area contributed by atoms with Crippen molar-refractivity contribution < 1.29 is 4.74 Å². The van der Waals surface area contributed by atoms with Crippen molar-refractivity contribution in [2.24, 2.45) is 5.73 Å². The Kier molecular flexibility index (Phi) is 4.00. The summed E-state index contributed by atoms with van der Waals surface area (Å²) in [7, 11) is 0. The highest BCUT2D eigenvalue weighted by molar-refractivity contribution is 4.93. The van der Waals surface area contributed by atoms with E-state index in [2.05, 4.69) is 5.32 Å². The van der Waals surface area contributed by atoms with Gasteiger partial charge in [0.1, 0.15) is 0 Å². The van der Waals surface area contributed by atoms with E-state index in [1.807, 2.05) is 0 Å². The fraction of sp³-hybridized carbons (Fsp3) is 1.00. The van der Waals surface area contributed by atoms with E-state index in [1.165, 1.54) is 32.1 Å². The predicted molar refractivity (Wildman–Crippen MR) is 61.8 cm³/mol. The van der Waals surface area contributed by atoms with Gasteiger partial charge in [-0.25, -0.2) is 0 Å². The van der Waals surface area contributed by atoms with E-state index in [0.717, 1.165) is 32.6 Å². The average molecular weight is 212 g/mol. The second-order valence-electron chi connectivity index (χ2n) is 5.08. The van der Waals surface area contributed by atoms with Gasteiger partial charge in [0.25, 0.3) is 0 Å². The summed E-state index contributed by atoms with van der Waals surface area (Å²) in [6, 6.07) is 0.714. The third-order valence-corrected chi connectivity index (χ3v) is 3.93. The van der Waals surface area contributed by atoms with Gasteiger partial charge in [-0.15, -0.1) is 0 Å². The van der Waals surface area contributed by atoms with Crippen LogP contribution in [-0.2, 0) is 4.74 Å². The number of hydrogen-bond donors (Lipinski definition) is 2. The molecule has 2 aliphatic rings. The van der Waals surface area contributed by atoms with Crippen LogP contribution >= 0.6 is 0 Å². The SMILES string of the molecule is NCC1(NC2CCCC2)CCCOCC1. The molecule has 2 rings (SSSR count). The zero-order valence-corrected chi connectivity index (χ0v) is 9.63. The van der Waals surface area contributed by atoms with Crippen LogP contribution in [0.2, 0.25) is 0 Å². The third-order valence-electron chi connectivity index (χ3n) is 3.93. The van der Waals surface area contributed by atoms with Crippen LogP contribution in [0.4, 0.5) is 0 Å². The van der Waals surface area contributed by atoms with E-state index in [0.29, 0.717) is 6.04 Å². The van der Waals surface area contributed by atoms with Crippen molar-refractivity contribution in [3.63, 3.8) is 0 Å². The predicted octanol–water partition coefficient (Wildman–Crippen LogP) is 1.42. The van der Waals surface area contributed by atoms with E-state index in [4.69, 9.17) is 10.5 Å². The van der Waals surface area contributed by atoms with Crippen LogP contribution in [0.3, 0.4) is 0 Å². The number of nitrogens with two attached hydrogens (primary N) is 1. The summed E-state index contributed by atoms with van der Waals surface area (Å²) in [5.41, 5.74) is 6.14. The lowest BCUT2D eigenvalue weighted by Crippen LogP contribution is -2.54. The first-order chi connectivity index (χ1) is 7.35. The van der Waals surface area contributed by atoms with E-state index in [9.17, 15) is 0 Å². The Bertz CT molecular complexity index is 182. The Morgan fingerprint density at radius 1 is 1.13 bits per heavy atom. The summed E-state index contributed by atoms with van der Waals surface area (Å²) < 4.78 is 5.52. The molecule has 0 spiro atoms. The molecule has 2 fully saturated rings. The molecule has 0 aromatic rings. The molecule has 1 heterocycles. The van der Waals surface area contributed by atoms with Crippen LogP contribution in [-0.4, -0.2) is 31.3 Å². The molecule has 88 valence electrons. The smallest absolute Gasteiger partial charge is 0.0484 e. The maximum absolute atomic E-state index is 5.97. The Balaban J connectivity index is 1.92. The number of ether oxygens (including phenoxy) is 1. The fourth-order valence-electron chi connectivity index (χ4n) is 2.92. The molecule has 0 radical (unpaired) electrons. The van der Waals surface area contributed by atoms with Crippen LogP contribution in [0.5, 0.6) is 0 Å². The van der Waals surface area contributed by atoms with E-state index in [1.54, 1.807) is 0 Å². The van der Waals surface area contributed by atoms with Crippen molar-refractivity contribution >= 4 is 0 Å². The molecule has 0 bridgehead atoms. The Morgan fingerprint density at radius 3 is 2.67 bits per heavy atom. The molecule has 1 unspecified atom stereocenters. The quantitative estimate of drug-likeness (QED) is 0.743. The van der Waals surface area contributed by atoms with Gasteiger partial charge in [-0.05, 0) is 32.1 Å². The minimum absolute atomic E-state index is 0.172. The molecule has 1 saturated heterocycles. The topological polar surface area (TPSA) is 47.3 Å². The lowest BCUT2D eigenvalue weighted by molar-refractivity contribution is 0.135. The van der Waals surface area contributed by atoms with Crippen molar-refractivity contribution in [3.05, 3.63) is 0 Å². The lowest BCUT2D eigenvalue weighted by Gasteiger charge is -2.35. The van der Waals surface area contributed by atoms with Crippen molar-refractivity contribution in [1.29, 1.82) is 0 Å². The molecule has 1 saturated carbocycles. The molecule has 1 aliphatic heterocycles. The third kappa shape index (κ3) is 2.92. The zero-order valence-electron chi connectivity index (χ0n) is 9.63. The van der Waals surface area contributed by atoms with E-state index in [-0.39, 0.29) is 5.54 Å². The maximum atomic E-state index is 5.97.